The van der Waals surface area contributed by atoms with Crippen molar-refractivity contribution in [3.05, 3.63) is 29.8 Å². The molecular formula is C22H31N3O2S. The first-order valence-corrected chi connectivity index (χ1v) is 11.2. The molecule has 0 spiro atoms. The summed E-state index contributed by atoms with van der Waals surface area (Å²) in [6.45, 7) is 9.03. The molecule has 1 saturated carbocycles. The Bertz CT molecular complexity index is 777. The molecule has 6 heteroatoms. The number of benzene rings is 1. The van der Waals surface area contributed by atoms with Crippen molar-refractivity contribution in [2.24, 2.45) is 11.3 Å². The molecule has 1 heterocycles. The molecule has 2 aromatic rings. The Labute approximate surface area is 172 Å². The number of carbonyl (C=O) groups excluding carboxylic acids is 1. The monoisotopic (exact) mass is 401 g/mol. The molecule has 3 rings (SSSR count). The fraction of sp³-hybridized carbons (Fsp3) is 0.591. The summed E-state index contributed by atoms with van der Waals surface area (Å²) < 4.78 is 5.67. The van der Waals surface area contributed by atoms with E-state index in [2.05, 4.69) is 36.3 Å². The zero-order valence-corrected chi connectivity index (χ0v) is 18.1. The third-order valence-electron chi connectivity index (χ3n) is 6.14. The summed E-state index contributed by atoms with van der Waals surface area (Å²) in [5.41, 5.74) is 2.47. The van der Waals surface area contributed by atoms with Crippen LogP contribution in [0.25, 0.3) is 11.5 Å². The van der Waals surface area contributed by atoms with E-state index in [1.165, 1.54) is 36.6 Å². The minimum absolute atomic E-state index is 0.0401. The second kappa shape index (κ2) is 9.12. The van der Waals surface area contributed by atoms with Crippen molar-refractivity contribution < 1.29 is 9.21 Å². The number of hydrogen-bond donors (Lipinski definition) is 1. The number of amides is 1. The summed E-state index contributed by atoms with van der Waals surface area (Å²) in [4.78, 5) is 12.3. The average molecular weight is 402 g/mol. The van der Waals surface area contributed by atoms with Gasteiger partial charge in [-0.2, -0.15) is 0 Å². The minimum atomic E-state index is 0.0401. The van der Waals surface area contributed by atoms with Gasteiger partial charge in [0.25, 0.3) is 5.22 Å². The van der Waals surface area contributed by atoms with E-state index in [4.69, 9.17) is 4.42 Å². The number of hydrogen-bond acceptors (Lipinski definition) is 5. The highest BCUT2D eigenvalue weighted by Gasteiger charge is 2.32. The maximum atomic E-state index is 12.3. The van der Waals surface area contributed by atoms with Gasteiger partial charge in [0.2, 0.25) is 11.8 Å². The lowest BCUT2D eigenvalue weighted by molar-refractivity contribution is -0.119. The first kappa shape index (κ1) is 20.9. The number of aromatic nitrogens is 2. The van der Waals surface area contributed by atoms with E-state index in [1.807, 2.05) is 31.2 Å². The highest BCUT2D eigenvalue weighted by Crippen LogP contribution is 2.40. The highest BCUT2D eigenvalue weighted by atomic mass is 32.2. The Kier molecular flexibility index (Phi) is 6.81. The highest BCUT2D eigenvalue weighted by molar-refractivity contribution is 7.99. The zero-order chi connectivity index (χ0) is 20.1. The van der Waals surface area contributed by atoms with E-state index in [0.717, 1.165) is 24.3 Å². The SMILES string of the molecule is CCC(C)(C)C1CCC(NC(=O)CSc2nnc(-c3ccc(C)cc3)o2)CC1. The van der Waals surface area contributed by atoms with Gasteiger partial charge in [-0.05, 0) is 56.1 Å². The van der Waals surface area contributed by atoms with Crippen molar-refractivity contribution in [3.63, 3.8) is 0 Å². The van der Waals surface area contributed by atoms with E-state index in [1.54, 1.807) is 0 Å². The van der Waals surface area contributed by atoms with Gasteiger partial charge in [-0.1, -0.05) is 56.7 Å². The van der Waals surface area contributed by atoms with Gasteiger partial charge < -0.3 is 9.73 Å². The van der Waals surface area contributed by atoms with E-state index in [9.17, 15) is 4.79 Å². The molecule has 0 bridgehead atoms. The number of aryl methyl sites for hydroxylation is 1. The van der Waals surface area contributed by atoms with Crippen LogP contribution < -0.4 is 5.32 Å². The third kappa shape index (κ3) is 5.37. The van der Waals surface area contributed by atoms with Crippen molar-refractivity contribution in [3.8, 4) is 11.5 Å². The number of carbonyl (C=O) groups is 1. The van der Waals surface area contributed by atoms with Crippen LogP contribution in [0.3, 0.4) is 0 Å². The van der Waals surface area contributed by atoms with Crippen LogP contribution in [0, 0.1) is 18.3 Å². The summed E-state index contributed by atoms with van der Waals surface area (Å²) in [6, 6.07) is 8.23. The Hall–Kier alpha value is -1.82. The van der Waals surface area contributed by atoms with Crippen molar-refractivity contribution >= 4 is 17.7 Å². The average Bonchev–Trinajstić information content (AvgIpc) is 3.16. The fourth-order valence-electron chi connectivity index (χ4n) is 3.79. The summed E-state index contributed by atoms with van der Waals surface area (Å²) in [7, 11) is 0. The normalized spacial score (nSPS) is 20.1. The molecule has 0 saturated heterocycles. The Balaban J connectivity index is 1.43. The molecule has 28 heavy (non-hydrogen) atoms. The van der Waals surface area contributed by atoms with E-state index in [-0.39, 0.29) is 5.91 Å². The molecule has 152 valence electrons. The maximum Gasteiger partial charge on any atom is 0.277 e. The predicted octanol–water partition coefficient (Wildman–Crippen LogP) is 5.25. The van der Waals surface area contributed by atoms with E-state index in [0.29, 0.717) is 28.3 Å². The molecule has 1 aliphatic carbocycles. The molecule has 1 aliphatic rings. The predicted molar refractivity (Wildman–Crippen MR) is 113 cm³/mol. The summed E-state index contributed by atoms with van der Waals surface area (Å²) in [6.07, 6.45) is 5.75. The number of nitrogens with zero attached hydrogens (tertiary/aromatic N) is 2. The molecule has 1 N–H and O–H groups in total. The first-order chi connectivity index (χ1) is 13.4. The Morgan fingerprint density at radius 1 is 1.18 bits per heavy atom. The van der Waals surface area contributed by atoms with Crippen molar-refractivity contribution in [1.29, 1.82) is 0 Å². The van der Waals surface area contributed by atoms with Gasteiger partial charge in [0.1, 0.15) is 0 Å². The Morgan fingerprint density at radius 3 is 2.50 bits per heavy atom. The van der Waals surface area contributed by atoms with Crippen molar-refractivity contribution in [2.75, 3.05) is 5.75 Å². The van der Waals surface area contributed by atoms with Gasteiger partial charge in [-0.3, -0.25) is 4.79 Å². The molecule has 1 aromatic heterocycles. The lowest BCUT2D eigenvalue weighted by Gasteiger charge is -2.39. The third-order valence-corrected chi connectivity index (χ3v) is 6.96. The second-order valence-electron chi connectivity index (χ2n) is 8.49. The fourth-order valence-corrected chi connectivity index (χ4v) is 4.36. The topological polar surface area (TPSA) is 68.0 Å². The molecule has 0 radical (unpaired) electrons. The Morgan fingerprint density at radius 2 is 1.86 bits per heavy atom. The molecule has 1 fully saturated rings. The van der Waals surface area contributed by atoms with Gasteiger partial charge in [-0.15, -0.1) is 10.2 Å². The summed E-state index contributed by atoms with van der Waals surface area (Å²) >= 11 is 1.29. The molecule has 1 amide bonds. The standard InChI is InChI=1S/C22H31N3O2S/c1-5-22(3,4)17-10-12-18(13-11-17)23-19(26)14-28-21-25-24-20(27-21)16-8-6-15(2)7-9-16/h6-9,17-18H,5,10-14H2,1-4H3,(H,23,26). The molecule has 5 nitrogen and oxygen atoms in total. The molecule has 0 unspecified atom stereocenters. The minimum Gasteiger partial charge on any atom is -0.411 e. The van der Waals surface area contributed by atoms with Gasteiger partial charge in [0.15, 0.2) is 0 Å². The number of thioether (sulfide) groups is 1. The van der Waals surface area contributed by atoms with E-state index < -0.39 is 0 Å². The largest absolute Gasteiger partial charge is 0.411 e. The second-order valence-corrected chi connectivity index (χ2v) is 9.41. The van der Waals surface area contributed by atoms with Crippen LogP contribution in [-0.2, 0) is 4.79 Å². The summed E-state index contributed by atoms with van der Waals surface area (Å²) in [5.74, 6) is 1.59. The van der Waals surface area contributed by atoms with Gasteiger partial charge in [0, 0.05) is 11.6 Å². The van der Waals surface area contributed by atoms with Crippen molar-refractivity contribution in [1.82, 2.24) is 15.5 Å². The number of nitrogens with one attached hydrogen (secondary N) is 1. The van der Waals surface area contributed by atoms with Crippen LogP contribution >= 0.6 is 11.8 Å². The van der Waals surface area contributed by atoms with Crippen LogP contribution in [0.15, 0.2) is 33.9 Å². The van der Waals surface area contributed by atoms with Crippen LogP contribution in [0.1, 0.15) is 58.4 Å². The maximum absolute atomic E-state index is 12.3. The molecule has 1 aromatic carbocycles. The van der Waals surface area contributed by atoms with Gasteiger partial charge in [-0.25, -0.2) is 0 Å². The lowest BCUT2D eigenvalue weighted by atomic mass is 9.69. The number of rotatable bonds is 7. The van der Waals surface area contributed by atoms with Crippen LogP contribution in [0.5, 0.6) is 0 Å². The first-order valence-electron chi connectivity index (χ1n) is 10.2. The molecule has 0 aliphatic heterocycles. The lowest BCUT2D eigenvalue weighted by Crippen LogP contribution is -2.40. The smallest absolute Gasteiger partial charge is 0.277 e. The van der Waals surface area contributed by atoms with Gasteiger partial charge >= 0.3 is 0 Å². The molecule has 0 atom stereocenters. The van der Waals surface area contributed by atoms with Gasteiger partial charge in [0.05, 0.1) is 5.75 Å². The summed E-state index contributed by atoms with van der Waals surface area (Å²) in [5, 5.41) is 11.7. The van der Waals surface area contributed by atoms with Crippen LogP contribution in [0.2, 0.25) is 0 Å². The molecular weight excluding hydrogens is 370 g/mol. The van der Waals surface area contributed by atoms with E-state index >= 15 is 0 Å². The quantitative estimate of drug-likeness (QED) is 0.642. The zero-order valence-electron chi connectivity index (χ0n) is 17.3. The van der Waals surface area contributed by atoms with Crippen LogP contribution in [0.4, 0.5) is 0 Å². The van der Waals surface area contributed by atoms with Crippen molar-refractivity contribution in [2.45, 2.75) is 71.1 Å². The van der Waals surface area contributed by atoms with Crippen LogP contribution in [-0.4, -0.2) is 27.9 Å².